The average Bonchev–Trinajstić information content (AvgIpc) is 2.61. The molecule has 0 saturated heterocycles. The molecule has 0 aliphatic heterocycles. The molecule has 0 aliphatic rings. The molecule has 0 atom stereocenters. The van der Waals surface area contributed by atoms with Gasteiger partial charge in [0.2, 0.25) is 0 Å². The first-order valence-electron chi connectivity index (χ1n) is 8.28. The van der Waals surface area contributed by atoms with Gasteiger partial charge in [-0.1, -0.05) is 80.6 Å². The van der Waals surface area contributed by atoms with Crippen LogP contribution in [-0.4, -0.2) is 12.8 Å². The van der Waals surface area contributed by atoms with E-state index < -0.39 is 0 Å². The monoisotopic (exact) mass is 309 g/mol. The second-order valence-electron chi connectivity index (χ2n) is 4.93. The molecule has 1 heteroatoms. The van der Waals surface area contributed by atoms with Crippen molar-refractivity contribution in [1.82, 2.24) is 0 Å². The first-order chi connectivity index (χ1) is 11.1. The van der Waals surface area contributed by atoms with Crippen molar-refractivity contribution in [3.05, 3.63) is 83.5 Å². The minimum atomic E-state index is 0.889. The van der Waals surface area contributed by atoms with Gasteiger partial charge >= 0.3 is 0 Å². The van der Waals surface area contributed by atoms with E-state index in [9.17, 15) is 0 Å². The quantitative estimate of drug-likeness (QED) is 0.417. The number of aliphatic imine (C=N–C) groups is 1. The molecule has 1 aromatic rings. The minimum Gasteiger partial charge on any atom is -0.288 e. The molecule has 0 saturated carbocycles. The number of nitrogens with zero attached hydrogens (tertiary/aromatic N) is 1. The lowest BCUT2D eigenvalue weighted by Gasteiger charge is -2.09. The van der Waals surface area contributed by atoms with Gasteiger partial charge in [0.1, 0.15) is 0 Å². The zero-order valence-electron chi connectivity index (χ0n) is 15.6. The largest absolute Gasteiger partial charge is 0.288 e. The minimum absolute atomic E-state index is 0.889. The SMILES string of the molecule is C=C/C=C(C/C=C(/C)C(=NC)c1ccccc1)\C(C)=C/C.CC. The summed E-state index contributed by atoms with van der Waals surface area (Å²) < 4.78 is 0. The third-order valence-electron chi connectivity index (χ3n) is 3.53. The van der Waals surface area contributed by atoms with Crippen LogP contribution < -0.4 is 0 Å². The van der Waals surface area contributed by atoms with Gasteiger partial charge in [0, 0.05) is 7.05 Å². The van der Waals surface area contributed by atoms with E-state index in [0.29, 0.717) is 0 Å². The fraction of sp³-hybridized carbons (Fsp3) is 0.318. The van der Waals surface area contributed by atoms with Crippen LogP contribution in [0.2, 0.25) is 0 Å². The van der Waals surface area contributed by atoms with Gasteiger partial charge in [-0.25, -0.2) is 0 Å². The molecule has 1 nitrogen and oxygen atoms in total. The molecule has 0 radical (unpaired) electrons. The standard InChI is InChI=1S/C20H25N.C2H6/c1-6-11-18(16(3)7-2)15-14-17(4)20(21-5)19-12-9-8-10-13-19;1-2/h6-14H,1,15H2,2-5H3;1-2H3/b16-7-,17-14-,18-11-,21-20?;. The molecular formula is C22H31N. The Kier molecular flexibility index (Phi) is 11.2. The molecule has 1 aromatic carbocycles. The summed E-state index contributed by atoms with van der Waals surface area (Å²) >= 11 is 0. The van der Waals surface area contributed by atoms with Crippen molar-refractivity contribution in [2.24, 2.45) is 4.99 Å². The van der Waals surface area contributed by atoms with Crippen LogP contribution in [0.4, 0.5) is 0 Å². The zero-order valence-corrected chi connectivity index (χ0v) is 15.6. The number of hydrogen-bond donors (Lipinski definition) is 0. The maximum absolute atomic E-state index is 4.44. The normalized spacial score (nSPS) is 13.3. The highest BCUT2D eigenvalue weighted by Gasteiger charge is 2.05. The van der Waals surface area contributed by atoms with Gasteiger partial charge in [0.15, 0.2) is 0 Å². The Balaban J connectivity index is 0.00000232. The number of rotatable bonds is 6. The number of hydrogen-bond acceptors (Lipinski definition) is 1. The van der Waals surface area contributed by atoms with E-state index in [1.54, 1.807) is 0 Å². The molecule has 0 unspecified atom stereocenters. The lowest BCUT2D eigenvalue weighted by atomic mass is 9.98. The molecule has 0 spiro atoms. The highest BCUT2D eigenvalue weighted by atomic mass is 14.7. The third kappa shape index (κ3) is 7.10. The van der Waals surface area contributed by atoms with E-state index in [-0.39, 0.29) is 0 Å². The van der Waals surface area contributed by atoms with Gasteiger partial charge in [-0.2, -0.15) is 0 Å². The van der Waals surface area contributed by atoms with E-state index in [1.165, 1.54) is 16.7 Å². The Morgan fingerprint density at radius 1 is 1.09 bits per heavy atom. The fourth-order valence-corrected chi connectivity index (χ4v) is 2.18. The van der Waals surface area contributed by atoms with E-state index in [2.05, 4.69) is 62.7 Å². The second-order valence-corrected chi connectivity index (χ2v) is 4.93. The van der Waals surface area contributed by atoms with Crippen molar-refractivity contribution >= 4 is 5.71 Å². The second kappa shape index (κ2) is 12.4. The molecule has 0 N–H and O–H groups in total. The van der Waals surface area contributed by atoms with Crippen LogP contribution in [0.5, 0.6) is 0 Å². The van der Waals surface area contributed by atoms with Crippen molar-refractivity contribution < 1.29 is 0 Å². The first-order valence-corrected chi connectivity index (χ1v) is 8.28. The van der Waals surface area contributed by atoms with Crippen LogP contribution in [0.15, 0.2) is 82.9 Å². The molecule has 23 heavy (non-hydrogen) atoms. The summed E-state index contributed by atoms with van der Waals surface area (Å²) in [5.74, 6) is 0. The predicted molar refractivity (Wildman–Crippen MR) is 106 cm³/mol. The predicted octanol–water partition coefficient (Wildman–Crippen LogP) is 6.55. The lowest BCUT2D eigenvalue weighted by molar-refractivity contribution is 1.18. The third-order valence-corrected chi connectivity index (χ3v) is 3.53. The van der Waals surface area contributed by atoms with Crippen molar-refractivity contribution in [1.29, 1.82) is 0 Å². The van der Waals surface area contributed by atoms with Crippen molar-refractivity contribution in [3.8, 4) is 0 Å². The van der Waals surface area contributed by atoms with Crippen LogP contribution >= 0.6 is 0 Å². The van der Waals surface area contributed by atoms with Gasteiger partial charge in [0.05, 0.1) is 5.71 Å². The highest BCUT2D eigenvalue weighted by Crippen LogP contribution is 2.17. The summed E-state index contributed by atoms with van der Waals surface area (Å²) in [5.41, 5.74) is 5.98. The zero-order chi connectivity index (χ0) is 17.7. The molecule has 1 rings (SSSR count). The summed E-state index contributed by atoms with van der Waals surface area (Å²) in [4.78, 5) is 4.44. The van der Waals surface area contributed by atoms with Crippen molar-refractivity contribution in [2.45, 2.75) is 41.0 Å². The molecule has 0 amide bonds. The molecule has 0 fully saturated rings. The number of allylic oxidation sites excluding steroid dienone is 7. The molecule has 0 aromatic heterocycles. The topological polar surface area (TPSA) is 12.4 Å². The summed E-state index contributed by atoms with van der Waals surface area (Å²) in [5, 5.41) is 0. The first kappa shape index (κ1) is 20.9. The Morgan fingerprint density at radius 3 is 2.17 bits per heavy atom. The van der Waals surface area contributed by atoms with Gasteiger partial charge in [-0.15, -0.1) is 0 Å². The van der Waals surface area contributed by atoms with E-state index in [0.717, 1.165) is 17.7 Å². The summed E-state index contributed by atoms with van der Waals surface area (Å²) in [6.07, 6.45) is 9.17. The maximum Gasteiger partial charge on any atom is 0.0669 e. The fourth-order valence-electron chi connectivity index (χ4n) is 2.18. The Morgan fingerprint density at radius 2 is 1.70 bits per heavy atom. The lowest BCUT2D eigenvalue weighted by Crippen LogP contribution is -2.02. The molecule has 124 valence electrons. The van der Waals surface area contributed by atoms with Crippen LogP contribution in [-0.2, 0) is 0 Å². The van der Waals surface area contributed by atoms with Gasteiger partial charge in [-0.3, -0.25) is 4.99 Å². The Bertz CT molecular complexity index is 584. The van der Waals surface area contributed by atoms with Crippen LogP contribution in [0.25, 0.3) is 0 Å². The van der Waals surface area contributed by atoms with Gasteiger partial charge in [-0.05, 0) is 43.9 Å². The number of benzene rings is 1. The van der Waals surface area contributed by atoms with Gasteiger partial charge in [0.25, 0.3) is 0 Å². The molecule has 0 bridgehead atoms. The van der Waals surface area contributed by atoms with E-state index in [1.807, 2.05) is 45.2 Å². The average molecular weight is 309 g/mol. The summed E-state index contributed by atoms with van der Waals surface area (Å²) in [7, 11) is 1.84. The molecular weight excluding hydrogens is 278 g/mol. The summed E-state index contributed by atoms with van der Waals surface area (Å²) in [6, 6.07) is 10.3. The van der Waals surface area contributed by atoms with Crippen LogP contribution in [0.3, 0.4) is 0 Å². The van der Waals surface area contributed by atoms with Gasteiger partial charge < -0.3 is 0 Å². The molecule has 0 aliphatic carbocycles. The van der Waals surface area contributed by atoms with E-state index >= 15 is 0 Å². The van der Waals surface area contributed by atoms with E-state index in [4.69, 9.17) is 0 Å². The van der Waals surface area contributed by atoms with Crippen molar-refractivity contribution in [2.75, 3.05) is 7.05 Å². The van der Waals surface area contributed by atoms with Crippen LogP contribution in [0.1, 0.15) is 46.6 Å². The maximum atomic E-state index is 4.44. The van der Waals surface area contributed by atoms with Crippen molar-refractivity contribution in [3.63, 3.8) is 0 Å². The highest BCUT2D eigenvalue weighted by molar-refractivity contribution is 6.12. The Hall–Kier alpha value is -2.15. The smallest absolute Gasteiger partial charge is 0.0669 e. The Labute approximate surface area is 142 Å². The molecule has 0 heterocycles. The van der Waals surface area contributed by atoms with Crippen LogP contribution in [0, 0.1) is 0 Å². The summed E-state index contributed by atoms with van der Waals surface area (Å²) in [6.45, 7) is 14.1.